The largest absolute Gasteiger partial charge is 0.462 e. The molecule has 0 atom stereocenters. The number of hydrogen-bond acceptors (Lipinski definition) is 5. The van der Waals surface area contributed by atoms with Crippen LogP contribution in [0.15, 0.2) is 24.3 Å². The summed E-state index contributed by atoms with van der Waals surface area (Å²) < 4.78 is 6.23. The fraction of sp³-hybridized carbons (Fsp3) is 0.200. The number of ether oxygens (including phenoxy) is 1. The molecule has 0 saturated carbocycles. The molecule has 0 N–H and O–H groups in total. The molecule has 0 amide bonds. The Hall–Kier alpha value is -1.95. The third-order valence-electron chi connectivity index (χ3n) is 2.05. The second kappa shape index (κ2) is 4.92. The molecule has 0 aliphatic carbocycles. The van der Waals surface area contributed by atoms with Crippen molar-refractivity contribution in [2.75, 3.05) is 6.61 Å². The Morgan fingerprint density at radius 3 is 2.65 bits per heavy atom. The van der Waals surface area contributed by atoms with E-state index < -0.39 is 0 Å². The van der Waals surface area contributed by atoms with Crippen molar-refractivity contribution >= 4 is 17.6 Å². The van der Waals surface area contributed by atoms with Gasteiger partial charge in [0.05, 0.1) is 17.9 Å². The molecule has 1 aromatic heterocycles. The molecule has 2 aromatic rings. The topological polar surface area (TPSA) is 69.9 Å². The van der Waals surface area contributed by atoms with Crippen molar-refractivity contribution in [2.24, 2.45) is 0 Å². The van der Waals surface area contributed by atoms with E-state index in [2.05, 4.69) is 15.5 Å². The molecule has 1 heterocycles. The van der Waals surface area contributed by atoms with Crippen molar-refractivity contribution < 1.29 is 9.53 Å². The molecule has 0 saturated heterocycles. The molecule has 0 fully saturated rings. The number of esters is 1. The van der Waals surface area contributed by atoms with Crippen LogP contribution in [0.2, 0.25) is 5.28 Å². The van der Waals surface area contributed by atoms with Crippen molar-refractivity contribution in [3.8, 4) is 5.69 Å². The highest BCUT2D eigenvalue weighted by molar-refractivity contribution is 6.28. The van der Waals surface area contributed by atoms with Gasteiger partial charge in [-0.25, -0.2) is 4.79 Å². The molecule has 6 nitrogen and oxygen atoms in total. The van der Waals surface area contributed by atoms with Crippen LogP contribution < -0.4 is 0 Å². The highest BCUT2D eigenvalue weighted by atomic mass is 35.5. The van der Waals surface area contributed by atoms with Crippen molar-refractivity contribution in [3.63, 3.8) is 0 Å². The molecular formula is C10H9ClN4O2. The lowest BCUT2D eigenvalue weighted by molar-refractivity contribution is 0.0526. The second-order valence-electron chi connectivity index (χ2n) is 3.13. The van der Waals surface area contributed by atoms with E-state index in [0.717, 1.165) is 0 Å². The van der Waals surface area contributed by atoms with Gasteiger partial charge in [0.15, 0.2) is 0 Å². The lowest BCUT2D eigenvalue weighted by Gasteiger charge is -2.03. The number of carbonyl (C=O) groups is 1. The molecule has 0 bridgehead atoms. The average Bonchev–Trinajstić information content (AvgIpc) is 2.76. The average molecular weight is 253 g/mol. The van der Waals surface area contributed by atoms with Gasteiger partial charge in [0.1, 0.15) is 0 Å². The molecule has 0 unspecified atom stereocenters. The highest BCUT2D eigenvalue weighted by Crippen LogP contribution is 2.13. The summed E-state index contributed by atoms with van der Waals surface area (Å²) in [7, 11) is 0. The van der Waals surface area contributed by atoms with Gasteiger partial charge >= 0.3 is 5.97 Å². The van der Waals surface area contributed by atoms with Crippen LogP contribution in [-0.2, 0) is 4.74 Å². The van der Waals surface area contributed by atoms with E-state index in [1.807, 2.05) is 0 Å². The van der Waals surface area contributed by atoms with Crippen LogP contribution >= 0.6 is 11.6 Å². The second-order valence-corrected chi connectivity index (χ2v) is 3.47. The third kappa shape index (κ3) is 2.42. The van der Waals surface area contributed by atoms with E-state index in [4.69, 9.17) is 16.3 Å². The van der Waals surface area contributed by atoms with Crippen LogP contribution in [0.25, 0.3) is 5.69 Å². The summed E-state index contributed by atoms with van der Waals surface area (Å²) in [5.74, 6) is -0.359. The Kier molecular flexibility index (Phi) is 3.34. The maximum absolute atomic E-state index is 11.4. The van der Waals surface area contributed by atoms with Gasteiger partial charge in [0.2, 0.25) is 5.28 Å². The summed E-state index contributed by atoms with van der Waals surface area (Å²) in [6.07, 6.45) is 0. The molecule has 7 heteroatoms. The first-order valence-electron chi connectivity index (χ1n) is 4.94. The van der Waals surface area contributed by atoms with E-state index in [1.165, 1.54) is 4.68 Å². The Labute approximate surface area is 102 Å². The van der Waals surface area contributed by atoms with E-state index >= 15 is 0 Å². The molecule has 2 rings (SSSR count). The van der Waals surface area contributed by atoms with Crippen LogP contribution in [0.3, 0.4) is 0 Å². The monoisotopic (exact) mass is 252 g/mol. The minimum absolute atomic E-state index is 0.161. The van der Waals surface area contributed by atoms with E-state index in [1.54, 1.807) is 31.2 Å². The quantitative estimate of drug-likeness (QED) is 0.774. The summed E-state index contributed by atoms with van der Waals surface area (Å²) >= 11 is 5.76. The number of nitrogens with zero attached hydrogens (tertiary/aromatic N) is 4. The normalized spacial score (nSPS) is 10.2. The van der Waals surface area contributed by atoms with Crippen molar-refractivity contribution in [3.05, 3.63) is 35.1 Å². The smallest absolute Gasteiger partial charge is 0.338 e. The predicted octanol–water partition coefficient (Wildman–Crippen LogP) is 1.49. The predicted molar refractivity (Wildman–Crippen MR) is 60.1 cm³/mol. The van der Waals surface area contributed by atoms with Gasteiger partial charge in [0, 0.05) is 0 Å². The minimum Gasteiger partial charge on any atom is -0.462 e. The molecule has 0 radical (unpaired) electrons. The Bertz CT molecular complexity index is 523. The van der Waals surface area contributed by atoms with Gasteiger partial charge in [0.25, 0.3) is 0 Å². The van der Waals surface area contributed by atoms with Crippen LogP contribution in [-0.4, -0.2) is 32.8 Å². The van der Waals surface area contributed by atoms with E-state index in [9.17, 15) is 4.79 Å². The zero-order valence-electron chi connectivity index (χ0n) is 9.00. The first kappa shape index (κ1) is 11.5. The molecule has 88 valence electrons. The highest BCUT2D eigenvalue weighted by Gasteiger charge is 2.08. The van der Waals surface area contributed by atoms with Gasteiger partial charge in [-0.3, -0.25) is 0 Å². The fourth-order valence-corrected chi connectivity index (χ4v) is 1.45. The SMILES string of the molecule is CCOC(=O)c1ccc(-n2nnnc2Cl)cc1. The van der Waals surface area contributed by atoms with E-state index in [-0.39, 0.29) is 11.3 Å². The van der Waals surface area contributed by atoms with Crippen LogP contribution in [0.1, 0.15) is 17.3 Å². The summed E-state index contributed by atoms with van der Waals surface area (Å²) in [5, 5.41) is 10.8. The van der Waals surface area contributed by atoms with Crippen LogP contribution in [0.5, 0.6) is 0 Å². The number of carbonyl (C=O) groups excluding carboxylic acids is 1. The van der Waals surface area contributed by atoms with Crippen molar-refractivity contribution in [1.29, 1.82) is 0 Å². The minimum atomic E-state index is -0.359. The van der Waals surface area contributed by atoms with Gasteiger partial charge in [-0.1, -0.05) is 5.10 Å². The lowest BCUT2D eigenvalue weighted by atomic mass is 10.2. The molecule has 17 heavy (non-hydrogen) atoms. The maximum Gasteiger partial charge on any atom is 0.338 e. The molecule has 0 aliphatic rings. The Balaban J connectivity index is 2.25. The fourth-order valence-electron chi connectivity index (χ4n) is 1.29. The first-order chi connectivity index (χ1) is 8.22. The Morgan fingerprint density at radius 2 is 2.12 bits per heavy atom. The number of aromatic nitrogens is 4. The summed E-state index contributed by atoms with van der Waals surface area (Å²) in [5.41, 5.74) is 1.15. The van der Waals surface area contributed by atoms with Gasteiger partial charge in [-0.05, 0) is 53.2 Å². The van der Waals surface area contributed by atoms with Crippen molar-refractivity contribution in [1.82, 2.24) is 20.2 Å². The van der Waals surface area contributed by atoms with Crippen LogP contribution in [0.4, 0.5) is 0 Å². The first-order valence-corrected chi connectivity index (χ1v) is 5.31. The molecule has 0 spiro atoms. The van der Waals surface area contributed by atoms with Gasteiger partial charge in [-0.15, -0.1) is 0 Å². The molecule has 0 aliphatic heterocycles. The van der Waals surface area contributed by atoms with Crippen LogP contribution in [0, 0.1) is 0 Å². The molecular weight excluding hydrogens is 244 g/mol. The summed E-state index contributed by atoms with van der Waals surface area (Å²) in [6, 6.07) is 6.64. The van der Waals surface area contributed by atoms with Gasteiger partial charge in [-0.2, -0.15) is 4.68 Å². The zero-order chi connectivity index (χ0) is 12.3. The third-order valence-corrected chi connectivity index (χ3v) is 2.29. The van der Waals surface area contributed by atoms with E-state index in [0.29, 0.717) is 17.9 Å². The lowest BCUT2D eigenvalue weighted by Crippen LogP contribution is -2.05. The number of tetrazole rings is 1. The number of halogens is 1. The zero-order valence-corrected chi connectivity index (χ0v) is 9.76. The van der Waals surface area contributed by atoms with Crippen molar-refractivity contribution in [2.45, 2.75) is 6.92 Å². The number of rotatable bonds is 3. The molecule has 1 aromatic carbocycles. The Morgan fingerprint density at radius 1 is 1.41 bits per heavy atom. The maximum atomic E-state index is 11.4. The summed E-state index contributed by atoms with van der Waals surface area (Å²) in [4.78, 5) is 11.4. The standard InChI is InChI=1S/C10H9ClN4O2/c1-2-17-9(16)7-3-5-8(6-4-7)15-10(11)12-13-14-15/h3-6H,2H2,1H3. The number of benzene rings is 1. The number of hydrogen-bond donors (Lipinski definition) is 0. The van der Waals surface area contributed by atoms with Gasteiger partial charge < -0.3 is 4.74 Å². The summed E-state index contributed by atoms with van der Waals surface area (Å²) in [6.45, 7) is 2.10.